The van der Waals surface area contributed by atoms with Gasteiger partial charge in [0.2, 0.25) is 0 Å². The van der Waals surface area contributed by atoms with Crippen LogP contribution >= 0.6 is 0 Å². The van der Waals surface area contributed by atoms with E-state index in [0.717, 1.165) is 29.0 Å². The second kappa shape index (κ2) is 3.98. The molecular weight excluding hydrogens is 188 g/mol. The Morgan fingerprint density at radius 1 is 1.53 bits per heavy atom. The van der Waals surface area contributed by atoms with Gasteiger partial charge in [-0.15, -0.1) is 0 Å². The van der Waals surface area contributed by atoms with Crippen molar-refractivity contribution in [1.29, 1.82) is 0 Å². The van der Waals surface area contributed by atoms with Crippen molar-refractivity contribution in [3.63, 3.8) is 0 Å². The summed E-state index contributed by atoms with van der Waals surface area (Å²) in [5.41, 5.74) is 2.96. The lowest BCUT2D eigenvalue weighted by Crippen LogP contribution is -2.16. The van der Waals surface area contributed by atoms with Crippen molar-refractivity contribution in [2.45, 2.75) is 26.3 Å². The minimum Gasteiger partial charge on any atom is -0.339 e. The van der Waals surface area contributed by atoms with Crippen LogP contribution in [0.15, 0.2) is 12.3 Å². The molecule has 0 aliphatic carbocycles. The Labute approximate surface area is 89.1 Å². The van der Waals surface area contributed by atoms with Gasteiger partial charge in [-0.1, -0.05) is 6.92 Å². The molecule has 80 valence electrons. The van der Waals surface area contributed by atoms with E-state index < -0.39 is 0 Å². The Morgan fingerprint density at radius 3 is 3.00 bits per heavy atom. The zero-order chi connectivity index (χ0) is 10.8. The van der Waals surface area contributed by atoms with Gasteiger partial charge >= 0.3 is 0 Å². The van der Waals surface area contributed by atoms with Crippen LogP contribution in [0.25, 0.3) is 11.2 Å². The quantitative estimate of drug-likeness (QED) is 0.803. The number of aryl methyl sites for hydroxylation is 1. The molecule has 0 fully saturated rings. The zero-order valence-corrected chi connectivity index (χ0v) is 9.33. The van der Waals surface area contributed by atoms with Crippen molar-refractivity contribution >= 4 is 11.2 Å². The Kier molecular flexibility index (Phi) is 2.68. The summed E-state index contributed by atoms with van der Waals surface area (Å²) in [5.74, 6) is 0.966. The molecule has 0 aromatic carbocycles. The first-order chi connectivity index (χ1) is 7.24. The van der Waals surface area contributed by atoms with E-state index in [1.807, 2.05) is 20.2 Å². The highest BCUT2D eigenvalue weighted by atomic mass is 15.0. The molecule has 0 amide bonds. The molecule has 2 aromatic heterocycles. The summed E-state index contributed by atoms with van der Waals surface area (Å²) in [7, 11) is 1.94. The van der Waals surface area contributed by atoms with Crippen LogP contribution in [-0.4, -0.2) is 22.0 Å². The Balaban J connectivity index is 2.46. The van der Waals surface area contributed by atoms with E-state index in [4.69, 9.17) is 0 Å². The number of rotatable bonds is 3. The minimum atomic E-state index is 0.277. The van der Waals surface area contributed by atoms with Crippen LogP contribution < -0.4 is 5.32 Å². The van der Waals surface area contributed by atoms with Crippen LogP contribution in [0.5, 0.6) is 0 Å². The predicted molar refractivity (Wildman–Crippen MR) is 60.7 cm³/mol. The molecule has 2 aromatic rings. The third-order valence-corrected chi connectivity index (χ3v) is 2.58. The average molecular weight is 204 g/mol. The van der Waals surface area contributed by atoms with Crippen LogP contribution in [0, 0.1) is 6.92 Å². The number of nitrogens with zero attached hydrogens (tertiary/aromatic N) is 2. The van der Waals surface area contributed by atoms with Crippen molar-refractivity contribution in [2.24, 2.45) is 0 Å². The smallest absolute Gasteiger partial charge is 0.177 e. The largest absolute Gasteiger partial charge is 0.339 e. The molecule has 4 heteroatoms. The van der Waals surface area contributed by atoms with Crippen molar-refractivity contribution in [3.8, 4) is 0 Å². The topological polar surface area (TPSA) is 53.6 Å². The number of imidazole rings is 1. The lowest BCUT2D eigenvalue weighted by atomic mass is 10.2. The maximum absolute atomic E-state index is 4.47. The fraction of sp³-hybridized carbons (Fsp3) is 0.455. The van der Waals surface area contributed by atoms with Gasteiger partial charge in [0.15, 0.2) is 5.65 Å². The van der Waals surface area contributed by atoms with E-state index in [2.05, 4.69) is 33.3 Å². The number of aromatic nitrogens is 3. The molecular formula is C11H16N4. The lowest BCUT2D eigenvalue weighted by Gasteiger charge is -2.09. The van der Waals surface area contributed by atoms with Gasteiger partial charge in [-0.2, -0.15) is 0 Å². The second-order valence-electron chi connectivity index (χ2n) is 3.76. The summed E-state index contributed by atoms with van der Waals surface area (Å²) < 4.78 is 0. The second-order valence-corrected chi connectivity index (χ2v) is 3.76. The normalized spacial score (nSPS) is 13.3. The fourth-order valence-corrected chi connectivity index (χ4v) is 1.72. The maximum atomic E-state index is 4.47. The third kappa shape index (κ3) is 1.85. The van der Waals surface area contributed by atoms with E-state index in [-0.39, 0.29) is 6.04 Å². The Bertz CT molecular complexity index is 457. The van der Waals surface area contributed by atoms with Gasteiger partial charge in [0.05, 0.1) is 11.6 Å². The summed E-state index contributed by atoms with van der Waals surface area (Å²) in [6.45, 7) is 4.16. The van der Waals surface area contributed by atoms with E-state index in [0.29, 0.717) is 0 Å². The molecule has 0 aliphatic heterocycles. The molecule has 15 heavy (non-hydrogen) atoms. The summed E-state index contributed by atoms with van der Waals surface area (Å²) in [6.07, 6.45) is 2.85. The lowest BCUT2D eigenvalue weighted by molar-refractivity contribution is 0.551. The molecule has 2 heterocycles. The van der Waals surface area contributed by atoms with E-state index in [1.165, 1.54) is 0 Å². The van der Waals surface area contributed by atoms with Gasteiger partial charge in [0, 0.05) is 6.20 Å². The summed E-state index contributed by atoms with van der Waals surface area (Å²) in [5, 5.41) is 3.22. The van der Waals surface area contributed by atoms with Gasteiger partial charge in [-0.3, -0.25) is 0 Å². The van der Waals surface area contributed by atoms with Gasteiger partial charge in [-0.05, 0) is 32.0 Å². The predicted octanol–water partition coefficient (Wildman–Crippen LogP) is 1.94. The number of hydrogen-bond donors (Lipinski definition) is 2. The van der Waals surface area contributed by atoms with Gasteiger partial charge in [-0.25, -0.2) is 9.97 Å². The highest BCUT2D eigenvalue weighted by Crippen LogP contribution is 2.17. The number of H-pyrrole nitrogens is 1. The van der Waals surface area contributed by atoms with Gasteiger partial charge in [0.1, 0.15) is 5.82 Å². The monoisotopic (exact) mass is 204 g/mol. The number of pyridine rings is 1. The SMILES string of the molecule is CCC(NC)c1nc2ncc(C)cc2[nH]1. The molecule has 0 aliphatic rings. The van der Waals surface area contributed by atoms with Crippen LogP contribution in [0.2, 0.25) is 0 Å². The highest BCUT2D eigenvalue weighted by Gasteiger charge is 2.11. The van der Waals surface area contributed by atoms with Gasteiger partial charge in [0.25, 0.3) is 0 Å². The van der Waals surface area contributed by atoms with Gasteiger partial charge < -0.3 is 10.3 Å². The van der Waals surface area contributed by atoms with E-state index in [1.54, 1.807) is 0 Å². The van der Waals surface area contributed by atoms with Crippen LogP contribution in [0.3, 0.4) is 0 Å². The van der Waals surface area contributed by atoms with Crippen molar-refractivity contribution < 1.29 is 0 Å². The van der Waals surface area contributed by atoms with Crippen LogP contribution in [-0.2, 0) is 0 Å². The maximum Gasteiger partial charge on any atom is 0.177 e. The molecule has 2 rings (SSSR count). The molecule has 1 unspecified atom stereocenters. The van der Waals surface area contributed by atoms with E-state index >= 15 is 0 Å². The summed E-state index contributed by atoms with van der Waals surface area (Å²) in [4.78, 5) is 12.1. The average Bonchev–Trinajstić information content (AvgIpc) is 2.62. The number of hydrogen-bond acceptors (Lipinski definition) is 3. The minimum absolute atomic E-state index is 0.277. The molecule has 0 saturated heterocycles. The van der Waals surface area contributed by atoms with Crippen LogP contribution in [0.1, 0.15) is 30.8 Å². The number of fused-ring (bicyclic) bond motifs is 1. The first-order valence-electron chi connectivity index (χ1n) is 5.24. The molecule has 0 spiro atoms. The molecule has 0 radical (unpaired) electrons. The molecule has 2 N–H and O–H groups in total. The number of nitrogens with one attached hydrogen (secondary N) is 2. The third-order valence-electron chi connectivity index (χ3n) is 2.58. The van der Waals surface area contributed by atoms with Crippen LogP contribution in [0.4, 0.5) is 0 Å². The molecule has 4 nitrogen and oxygen atoms in total. The summed E-state index contributed by atoms with van der Waals surface area (Å²) in [6, 6.07) is 2.35. The number of aromatic amines is 1. The summed E-state index contributed by atoms with van der Waals surface area (Å²) >= 11 is 0. The standard InChI is InChI=1S/C11H16N4/c1-4-8(12-3)11-14-9-5-7(2)6-13-10(9)15-11/h5-6,8,12H,4H2,1-3H3,(H,13,14,15). The first kappa shape index (κ1) is 10.1. The molecule has 1 atom stereocenters. The van der Waals surface area contributed by atoms with Crippen molar-refractivity contribution in [1.82, 2.24) is 20.3 Å². The Hall–Kier alpha value is -1.42. The van der Waals surface area contributed by atoms with Crippen molar-refractivity contribution in [3.05, 3.63) is 23.7 Å². The van der Waals surface area contributed by atoms with E-state index in [9.17, 15) is 0 Å². The highest BCUT2D eigenvalue weighted by molar-refractivity contribution is 5.71. The molecule has 0 bridgehead atoms. The zero-order valence-electron chi connectivity index (χ0n) is 9.33. The first-order valence-corrected chi connectivity index (χ1v) is 5.24. The molecule has 0 saturated carbocycles. The Morgan fingerprint density at radius 2 is 2.33 bits per heavy atom. The fourth-order valence-electron chi connectivity index (χ4n) is 1.72. The van der Waals surface area contributed by atoms with Crippen molar-refractivity contribution in [2.75, 3.05) is 7.05 Å².